The lowest BCUT2D eigenvalue weighted by Gasteiger charge is -2.09. The summed E-state index contributed by atoms with van der Waals surface area (Å²) in [5, 5.41) is 3.57. The summed E-state index contributed by atoms with van der Waals surface area (Å²) in [7, 11) is 1.66. The number of hydrogen-bond donors (Lipinski definition) is 3. The van der Waals surface area contributed by atoms with Crippen LogP contribution >= 0.6 is 23.8 Å². The van der Waals surface area contributed by atoms with Crippen molar-refractivity contribution in [2.75, 3.05) is 7.05 Å². The SMILES string of the molecule is CNC(=S)NNC(=O)c1ccc(C)c(Cl)c1. The molecule has 3 N–H and O–H groups in total. The lowest BCUT2D eigenvalue weighted by molar-refractivity contribution is 0.0944. The zero-order valence-corrected chi connectivity index (χ0v) is 10.5. The molecule has 0 heterocycles. The van der Waals surface area contributed by atoms with Crippen LogP contribution in [0.1, 0.15) is 15.9 Å². The van der Waals surface area contributed by atoms with Gasteiger partial charge in [0.05, 0.1) is 0 Å². The number of aryl methyl sites for hydroxylation is 1. The molecule has 0 atom stereocenters. The van der Waals surface area contributed by atoms with Gasteiger partial charge in [0.2, 0.25) is 0 Å². The molecule has 0 spiro atoms. The molecule has 0 aromatic heterocycles. The third kappa shape index (κ3) is 3.36. The topological polar surface area (TPSA) is 53.2 Å². The van der Waals surface area contributed by atoms with Crippen LogP contribution in [-0.2, 0) is 0 Å². The summed E-state index contributed by atoms with van der Waals surface area (Å²) in [4.78, 5) is 11.6. The van der Waals surface area contributed by atoms with E-state index in [2.05, 4.69) is 16.2 Å². The predicted octanol–water partition coefficient (Wildman–Crippen LogP) is 1.39. The molecule has 0 radical (unpaired) electrons. The summed E-state index contributed by atoms with van der Waals surface area (Å²) in [5.41, 5.74) is 6.39. The number of hydrazine groups is 1. The first-order valence-electron chi connectivity index (χ1n) is 4.59. The maximum atomic E-state index is 11.6. The largest absolute Gasteiger partial charge is 0.364 e. The Morgan fingerprint density at radius 3 is 2.62 bits per heavy atom. The van der Waals surface area contributed by atoms with Crippen LogP contribution < -0.4 is 16.2 Å². The Bertz CT molecular complexity index is 423. The van der Waals surface area contributed by atoms with E-state index < -0.39 is 0 Å². The van der Waals surface area contributed by atoms with Crippen molar-refractivity contribution in [3.63, 3.8) is 0 Å². The van der Waals surface area contributed by atoms with E-state index in [1.807, 2.05) is 6.92 Å². The molecule has 0 fully saturated rings. The quantitative estimate of drug-likeness (QED) is 0.526. The van der Waals surface area contributed by atoms with Gasteiger partial charge in [-0.3, -0.25) is 15.6 Å². The molecule has 4 nitrogen and oxygen atoms in total. The van der Waals surface area contributed by atoms with Gasteiger partial charge in [0.15, 0.2) is 5.11 Å². The van der Waals surface area contributed by atoms with Crippen LogP contribution in [0.4, 0.5) is 0 Å². The second kappa shape index (κ2) is 5.67. The average Bonchev–Trinajstić information content (AvgIpc) is 2.29. The van der Waals surface area contributed by atoms with Crippen LogP contribution in [0.2, 0.25) is 5.02 Å². The molecule has 0 aliphatic rings. The number of hydrogen-bond acceptors (Lipinski definition) is 2. The average molecular weight is 258 g/mol. The molecular formula is C10H12ClN3OS. The molecule has 0 saturated heterocycles. The van der Waals surface area contributed by atoms with E-state index in [9.17, 15) is 4.79 Å². The monoisotopic (exact) mass is 257 g/mol. The fourth-order valence-corrected chi connectivity index (χ4v) is 1.21. The fourth-order valence-electron chi connectivity index (χ4n) is 0.982. The number of rotatable bonds is 1. The fraction of sp³-hybridized carbons (Fsp3) is 0.200. The summed E-state index contributed by atoms with van der Waals surface area (Å²) >= 11 is 10.7. The highest BCUT2D eigenvalue weighted by Gasteiger charge is 2.06. The van der Waals surface area contributed by atoms with Gasteiger partial charge in [-0.05, 0) is 36.8 Å². The Morgan fingerprint density at radius 2 is 2.06 bits per heavy atom. The predicted molar refractivity (Wildman–Crippen MR) is 68.4 cm³/mol. The van der Waals surface area contributed by atoms with E-state index in [0.717, 1.165) is 5.56 Å². The zero-order chi connectivity index (χ0) is 12.1. The lowest BCUT2D eigenvalue weighted by atomic mass is 10.1. The zero-order valence-electron chi connectivity index (χ0n) is 8.93. The molecule has 86 valence electrons. The Balaban J connectivity index is 2.66. The van der Waals surface area contributed by atoms with Crippen molar-refractivity contribution in [2.45, 2.75) is 6.92 Å². The van der Waals surface area contributed by atoms with E-state index in [1.165, 1.54) is 0 Å². The smallest absolute Gasteiger partial charge is 0.269 e. The van der Waals surface area contributed by atoms with Crippen molar-refractivity contribution in [3.8, 4) is 0 Å². The molecule has 1 aromatic rings. The van der Waals surface area contributed by atoms with Gasteiger partial charge >= 0.3 is 0 Å². The number of halogens is 1. The molecule has 1 rings (SSSR count). The van der Waals surface area contributed by atoms with E-state index in [1.54, 1.807) is 25.2 Å². The Labute approximate surface area is 104 Å². The molecule has 0 bridgehead atoms. The van der Waals surface area contributed by atoms with Gasteiger partial charge in [-0.15, -0.1) is 0 Å². The number of carbonyl (C=O) groups is 1. The van der Waals surface area contributed by atoms with Gasteiger partial charge in [-0.2, -0.15) is 0 Å². The number of benzene rings is 1. The molecule has 0 aliphatic heterocycles. The van der Waals surface area contributed by atoms with Gasteiger partial charge in [0.1, 0.15) is 0 Å². The standard InChI is InChI=1S/C10H12ClN3OS/c1-6-3-4-7(5-8(6)11)9(15)13-14-10(16)12-2/h3-5H,1-2H3,(H,13,15)(H2,12,14,16). The maximum Gasteiger partial charge on any atom is 0.269 e. The molecule has 16 heavy (non-hydrogen) atoms. The first kappa shape index (κ1) is 12.7. The highest BCUT2D eigenvalue weighted by Crippen LogP contribution is 2.16. The molecular weight excluding hydrogens is 246 g/mol. The van der Waals surface area contributed by atoms with Crippen LogP contribution in [0.15, 0.2) is 18.2 Å². The second-order valence-corrected chi connectivity index (χ2v) is 3.94. The van der Waals surface area contributed by atoms with Crippen LogP contribution in [0.3, 0.4) is 0 Å². The van der Waals surface area contributed by atoms with E-state index >= 15 is 0 Å². The molecule has 0 saturated carbocycles. The minimum Gasteiger partial charge on any atom is -0.364 e. The minimum absolute atomic E-state index is 0.292. The number of amides is 1. The highest BCUT2D eigenvalue weighted by molar-refractivity contribution is 7.80. The Morgan fingerprint density at radius 1 is 1.38 bits per heavy atom. The molecule has 1 amide bonds. The first-order chi connectivity index (χ1) is 7.54. The normalized spacial score (nSPS) is 9.44. The summed E-state index contributed by atoms with van der Waals surface area (Å²) in [6, 6.07) is 5.09. The van der Waals surface area contributed by atoms with Gasteiger partial charge in [-0.25, -0.2) is 0 Å². The second-order valence-electron chi connectivity index (χ2n) is 3.12. The third-order valence-electron chi connectivity index (χ3n) is 1.95. The summed E-state index contributed by atoms with van der Waals surface area (Å²) in [6.45, 7) is 1.87. The number of carbonyl (C=O) groups excluding carboxylic acids is 1. The van der Waals surface area contributed by atoms with Gasteiger partial charge in [0, 0.05) is 17.6 Å². The maximum absolute atomic E-state index is 11.6. The molecule has 0 unspecified atom stereocenters. The van der Waals surface area contributed by atoms with Gasteiger partial charge in [0.25, 0.3) is 5.91 Å². The molecule has 1 aromatic carbocycles. The van der Waals surface area contributed by atoms with Crippen molar-refractivity contribution in [2.24, 2.45) is 0 Å². The Hall–Kier alpha value is -1.33. The Kier molecular flexibility index (Phi) is 4.52. The van der Waals surface area contributed by atoms with Crippen LogP contribution in [-0.4, -0.2) is 18.1 Å². The van der Waals surface area contributed by atoms with E-state index in [-0.39, 0.29) is 5.91 Å². The number of nitrogens with one attached hydrogen (secondary N) is 3. The van der Waals surface area contributed by atoms with E-state index in [4.69, 9.17) is 23.8 Å². The summed E-state index contributed by atoms with van der Waals surface area (Å²) in [5.74, 6) is -0.292. The van der Waals surface area contributed by atoms with Crippen molar-refractivity contribution in [3.05, 3.63) is 34.3 Å². The highest BCUT2D eigenvalue weighted by atomic mass is 35.5. The van der Waals surface area contributed by atoms with Crippen molar-refractivity contribution >= 4 is 34.8 Å². The van der Waals surface area contributed by atoms with Gasteiger partial charge in [-0.1, -0.05) is 17.7 Å². The summed E-state index contributed by atoms with van der Waals surface area (Å²) in [6.07, 6.45) is 0. The van der Waals surface area contributed by atoms with Crippen LogP contribution in [0, 0.1) is 6.92 Å². The summed E-state index contributed by atoms with van der Waals surface area (Å²) < 4.78 is 0. The first-order valence-corrected chi connectivity index (χ1v) is 5.37. The van der Waals surface area contributed by atoms with Crippen molar-refractivity contribution < 1.29 is 4.79 Å². The van der Waals surface area contributed by atoms with Crippen molar-refractivity contribution in [1.82, 2.24) is 16.2 Å². The van der Waals surface area contributed by atoms with Gasteiger partial charge < -0.3 is 5.32 Å². The minimum atomic E-state index is -0.292. The number of thiocarbonyl (C=S) groups is 1. The van der Waals surface area contributed by atoms with Crippen LogP contribution in [0.25, 0.3) is 0 Å². The lowest BCUT2D eigenvalue weighted by Crippen LogP contribution is -2.45. The molecule has 6 heteroatoms. The van der Waals surface area contributed by atoms with E-state index in [0.29, 0.717) is 15.7 Å². The van der Waals surface area contributed by atoms with Crippen molar-refractivity contribution in [1.29, 1.82) is 0 Å². The van der Waals surface area contributed by atoms with Crippen LogP contribution in [0.5, 0.6) is 0 Å². The molecule has 0 aliphatic carbocycles. The third-order valence-corrected chi connectivity index (χ3v) is 2.66.